The van der Waals surface area contributed by atoms with Gasteiger partial charge in [0.2, 0.25) is 0 Å². The number of carbonyl (C=O) groups is 5. The summed E-state index contributed by atoms with van der Waals surface area (Å²) in [7, 11) is 1.37. The fraction of sp³-hybridized carbons (Fsp3) is 0.156. The summed E-state index contributed by atoms with van der Waals surface area (Å²) in [5, 5.41) is 7.98. The van der Waals surface area contributed by atoms with Gasteiger partial charge in [0.1, 0.15) is 42.3 Å². The number of carbonyl (C=O) groups excluding carboxylic acids is 5. The van der Waals surface area contributed by atoms with Crippen molar-refractivity contribution in [3.8, 4) is 17.2 Å². The number of ether oxygens (including phenoxy) is 5. The van der Waals surface area contributed by atoms with E-state index in [9.17, 15) is 24.0 Å². The molecule has 3 rings (SSSR count). The van der Waals surface area contributed by atoms with Gasteiger partial charge in [-0.05, 0) is 65.7 Å². The second kappa shape index (κ2) is 17.1. The van der Waals surface area contributed by atoms with Gasteiger partial charge in [0, 0.05) is 12.5 Å². The third-order valence-electron chi connectivity index (χ3n) is 5.53. The van der Waals surface area contributed by atoms with Gasteiger partial charge in [-0.1, -0.05) is 18.7 Å². The first-order valence-corrected chi connectivity index (χ1v) is 13.1. The zero-order chi connectivity index (χ0) is 31.7. The van der Waals surface area contributed by atoms with Crippen LogP contribution < -0.4 is 14.2 Å². The van der Waals surface area contributed by atoms with E-state index >= 15 is 0 Å². The van der Waals surface area contributed by atoms with Crippen LogP contribution in [0, 0.1) is 0 Å². The monoisotopic (exact) mass is 600 g/mol. The quantitative estimate of drug-likeness (QED) is 0.0472. The van der Waals surface area contributed by atoms with Crippen LogP contribution in [0.5, 0.6) is 17.2 Å². The average molecular weight is 601 g/mol. The van der Waals surface area contributed by atoms with Crippen molar-refractivity contribution >= 4 is 42.6 Å². The van der Waals surface area contributed by atoms with Crippen molar-refractivity contribution < 1.29 is 47.7 Å². The lowest BCUT2D eigenvalue weighted by atomic mass is 10.1. The number of hydrogen-bond donors (Lipinski definition) is 0. The van der Waals surface area contributed by atoms with Crippen molar-refractivity contribution in [2.45, 2.75) is 12.8 Å². The van der Waals surface area contributed by atoms with Gasteiger partial charge in [-0.15, -0.1) is 0 Å². The molecule has 0 aliphatic heterocycles. The number of aldehydes is 1. The summed E-state index contributed by atoms with van der Waals surface area (Å²) in [5.74, 6) is -1.90. The summed E-state index contributed by atoms with van der Waals surface area (Å²) in [6.45, 7) is 2.93. The predicted octanol–water partition coefficient (Wildman–Crippen LogP) is 4.14. The third kappa shape index (κ3) is 10.5. The lowest BCUT2D eigenvalue weighted by Gasteiger charge is -2.11. The van der Waals surface area contributed by atoms with Gasteiger partial charge in [-0.3, -0.25) is 4.79 Å². The van der Waals surface area contributed by atoms with Crippen LogP contribution in [0.2, 0.25) is 0 Å². The number of nitrogens with zero attached hydrogens (tertiary/aromatic N) is 2. The molecule has 0 aromatic heterocycles. The van der Waals surface area contributed by atoms with Gasteiger partial charge in [0.25, 0.3) is 0 Å². The Morgan fingerprint density at radius 1 is 0.773 bits per heavy atom. The van der Waals surface area contributed by atoms with Gasteiger partial charge in [0.15, 0.2) is 0 Å². The highest BCUT2D eigenvalue weighted by atomic mass is 16.6. The Labute approximate surface area is 252 Å². The Morgan fingerprint density at radius 3 is 2.00 bits per heavy atom. The molecule has 0 unspecified atom stereocenters. The van der Waals surface area contributed by atoms with Crippen molar-refractivity contribution in [3.05, 3.63) is 102 Å². The molecular formula is C32H28N2O10. The SMILES string of the molecule is C=CC(=O)OCCOC(=O)c1cc(OC(=O)c2ccc(/C=N/N=C/c3ccc(OC(=O)CCC=O)cc3)cc2)ccc1OC. The molecule has 0 amide bonds. The van der Waals surface area contributed by atoms with Crippen molar-refractivity contribution in [3.63, 3.8) is 0 Å². The summed E-state index contributed by atoms with van der Waals surface area (Å²) in [5.41, 5.74) is 1.66. The van der Waals surface area contributed by atoms with Crippen LogP contribution in [-0.2, 0) is 23.9 Å². The summed E-state index contributed by atoms with van der Waals surface area (Å²) in [4.78, 5) is 58.2. The standard InChI is InChI=1S/C32H28N2O10/c1-3-29(36)41-17-18-42-32(39)27-19-26(14-15-28(27)40-2)44-31(38)24-10-6-22(7-11-24)20-33-34-21-23-8-12-25(13-9-23)43-30(37)5-4-16-35/h3,6-16,19-21H,1,4-5,17-18H2,2H3/b33-20+,34-21+. The molecule has 0 heterocycles. The zero-order valence-electron chi connectivity index (χ0n) is 23.7. The molecule has 0 bridgehead atoms. The van der Waals surface area contributed by atoms with Crippen LogP contribution in [-0.4, -0.2) is 62.9 Å². The Hall–Kier alpha value is -5.91. The van der Waals surface area contributed by atoms with E-state index in [1.807, 2.05) is 0 Å². The van der Waals surface area contributed by atoms with Gasteiger partial charge < -0.3 is 28.5 Å². The van der Waals surface area contributed by atoms with Gasteiger partial charge in [-0.2, -0.15) is 10.2 Å². The fourth-order valence-electron chi connectivity index (χ4n) is 3.38. The van der Waals surface area contributed by atoms with Gasteiger partial charge >= 0.3 is 23.9 Å². The van der Waals surface area contributed by atoms with E-state index in [-0.39, 0.29) is 48.7 Å². The Balaban J connectivity index is 1.54. The molecular weight excluding hydrogens is 572 g/mol. The number of hydrogen-bond acceptors (Lipinski definition) is 12. The molecule has 0 aliphatic carbocycles. The molecule has 0 radical (unpaired) electrons. The largest absolute Gasteiger partial charge is 0.496 e. The van der Waals surface area contributed by atoms with Gasteiger partial charge in [0.05, 0.1) is 31.5 Å². The summed E-state index contributed by atoms with van der Waals surface area (Å²) >= 11 is 0. The zero-order valence-corrected chi connectivity index (χ0v) is 23.7. The number of esters is 4. The Kier molecular flexibility index (Phi) is 12.7. The summed E-state index contributed by atoms with van der Waals surface area (Å²) in [6.07, 6.45) is 4.79. The topological polar surface area (TPSA) is 156 Å². The van der Waals surface area contributed by atoms with E-state index < -0.39 is 23.9 Å². The minimum atomic E-state index is -0.759. The second-order valence-corrected chi connectivity index (χ2v) is 8.62. The van der Waals surface area contributed by atoms with E-state index in [2.05, 4.69) is 16.8 Å². The molecule has 3 aromatic rings. The molecule has 0 N–H and O–H groups in total. The Morgan fingerprint density at radius 2 is 1.39 bits per heavy atom. The predicted molar refractivity (Wildman–Crippen MR) is 158 cm³/mol. The van der Waals surface area contributed by atoms with E-state index in [4.69, 9.17) is 23.7 Å². The van der Waals surface area contributed by atoms with Crippen LogP contribution >= 0.6 is 0 Å². The highest BCUT2D eigenvalue weighted by Gasteiger charge is 2.17. The van der Waals surface area contributed by atoms with Crippen LogP contribution in [0.1, 0.15) is 44.7 Å². The molecule has 0 fully saturated rings. The Bertz CT molecular complexity index is 1540. The first-order valence-electron chi connectivity index (χ1n) is 13.1. The van der Waals surface area contributed by atoms with Crippen molar-refractivity contribution in [1.82, 2.24) is 0 Å². The molecule has 0 aliphatic rings. The molecule has 0 saturated carbocycles. The van der Waals surface area contributed by atoms with Crippen LogP contribution in [0.15, 0.2) is 89.6 Å². The number of rotatable bonds is 15. The molecule has 12 heteroatoms. The highest BCUT2D eigenvalue weighted by Crippen LogP contribution is 2.25. The molecule has 0 atom stereocenters. The molecule has 3 aromatic carbocycles. The van der Waals surface area contributed by atoms with E-state index in [0.29, 0.717) is 17.6 Å². The number of methoxy groups -OCH3 is 1. The van der Waals surface area contributed by atoms with Crippen LogP contribution in [0.25, 0.3) is 0 Å². The highest BCUT2D eigenvalue weighted by molar-refractivity contribution is 5.95. The smallest absolute Gasteiger partial charge is 0.343 e. The maximum Gasteiger partial charge on any atom is 0.343 e. The lowest BCUT2D eigenvalue weighted by molar-refractivity contribution is -0.138. The molecule has 0 spiro atoms. The minimum Gasteiger partial charge on any atom is -0.496 e. The van der Waals surface area contributed by atoms with Crippen molar-refractivity contribution in [2.24, 2.45) is 10.2 Å². The first-order chi connectivity index (χ1) is 21.3. The molecule has 0 saturated heterocycles. The normalized spacial score (nSPS) is 10.7. The molecule has 226 valence electrons. The molecule has 44 heavy (non-hydrogen) atoms. The van der Waals surface area contributed by atoms with E-state index in [1.165, 1.54) is 37.7 Å². The first kappa shape index (κ1) is 32.6. The summed E-state index contributed by atoms with van der Waals surface area (Å²) in [6, 6.07) is 17.2. The van der Waals surface area contributed by atoms with Crippen molar-refractivity contribution in [1.29, 1.82) is 0 Å². The number of benzene rings is 3. The maximum atomic E-state index is 12.7. The third-order valence-corrected chi connectivity index (χ3v) is 5.53. The van der Waals surface area contributed by atoms with Crippen molar-refractivity contribution in [2.75, 3.05) is 20.3 Å². The fourth-order valence-corrected chi connectivity index (χ4v) is 3.38. The van der Waals surface area contributed by atoms with Crippen LogP contribution in [0.4, 0.5) is 0 Å². The van der Waals surface area contributed by atoms with Crippen LogP contribution in [0.3, 0.4) is 0 Å². The maximum absolute atomic E-state index is 12.7. The average Bonchev–Trinajstić information content (AvgIpc) is 3.04. The lowest BCUT2D eigenvalue weighted by Crippen LogP contribution is -2.14. The molecule has 12 nitrogen and oxygen atoms in total. The summed E-state index contributed by atoms with van der Waals surface area (Å²) < 4.78 is 25.6. The second-order valence-electron chi connectivity index (χ2n) is 8.62. The van der Waals surface area contributed by atoms with E-state index in [0.717, 1.165) is 11.6 Å². The minimum absolute atomic E-state index is 0.0189. The van der Waals surface area contributed by atoms with Gasteiger partial charge in [-0.25, -0.2) is 14.4 Å². The van der Waals surface area contributed by atoms with E-state index in [1.54, 1.807) is 48.5 Å².